The number of carbonyl (C=O) groups is 2. The van der Waals surface area contributed by atoms with Crippen molar-refractivity contribution in [3.63, 3.8) is 0 Å². The minimum Gasteiger partial charge on any atom is -0.497 e. The number of rotatable bonds is 4. The van der Waals surface area contributed by atoms with Crippen LogP contribution >= 0.6 is 15.9 Å². The van der Waals surface area contributed by atoms with E-state index in [9.17, 15) is 14.4 Å². The van der Waals surface area contributed by atoms with E-state index in [4.69, 9.17) is 4.74 Å². The van der Waals surface area contributed by atoms with Crippen molar-refractivity contribution < 1.29 is 14.3 Å². The molecule has 0 radical (unpaired) electrons. The summed E-state index contributed by atoms with van der Waals surface area (Å²) in [5.74, 6) is 0.124. The van der Waals surface area contributed by atoms with Gasteiger partial charge in [-0.05, 0) is 42.3 Å². The van der Waals surface area contributed by atoms with Crippen LogP contribution in [0.4, 0.5) is 0 Å². The van der Waals surface area contributed by atoms with Crippen molar-refractivity contribution in [1.29, 1.82) is 0 Å². The Hall–Kier alpha value is -2.87. The topological polar surface area (TPSA) is 73.5 Å². The summed E-state index contributed by atoms with van der Waals surface area (Å²) in [5, 5.41) is 0. The van der Waals surface area contributed by atoms with E-state index in [2.05, 4.69) is 15.9 Å². The quantitative estimate of drug-likeness (QED) is 0.564. The van der Waals surface area contributed by atoms with Crippen LogP contribution < -0.4 is 10.4 Å². The number of aromatic nitrogens is 2. The van der Waals surface area contributed by atoms with E-state index in [-0.39, 0.29) is 30.5 Å². The fourth-order valence-corrected chi connectivity index (χ4v) is 4.13. The normalized spacial score (nSPS) is 17.2. The maximum absolute atomic E-state index is 13.3. The number of aryl methyl sites for hydroxylation is 1. The van der Waals surface area contributed by atoms with Crippen LogP contribution in [0.5, 0.6) is 5.75 Å². The molecular weight excluding hydrogens is 438 g/mol. The second-order valence-electron chi connectivity index (χ2n) is 7.07. The van der Waals surface area contributed by atoms with Gasteiger partial charge in [-0.3, -0.25) is 23.6 Å². The number of methoxy groups -OCH3 is 1. The number of nitrogens with zero attached hydrogens (tertiary/aromatic N) is 3. The highest BCUT2D eigenvalue weighted by Gasteiger charge is 2.37. The SMILES string of the molecule is COc1ccc(CN2C(=O)CCC(n3c(=O)n(C)c4ccc(Br)cc43)C2=O)cc1. The molecule has 1 aliphatic heterocycles. The van der Waals surface area contributed by atoms with E-state index in [1.54, 1.807) is 26.3 Å². The van der Waals surface area contributed by atoms with E-state index >= 15 is 0 Å². The third-order valence-electron chi connectivity index (χ3n) is 5.35. The lowest BCUT2D eigenvalue weighted by Crippen LogP contribution is -2.47. The van der Waals surface area contributed by atoms with E-state index in [0.29, 0.717) is 17.7 Å². The first-order valence-corrected chi connectivity index (χ1v) is 10.0. The lowest BCUT2D eigenvalue weighted by molar-refractivity contribution is -0.151. The van der Waals surface area contributed by atoms with Gasteiger partial charge >= 0.3 is 5.69 Å². The van der Waals surface area contributed by atoms with Gasteiger partial charge in [0, 0.05) is 17.9 Å². The molecule has 150 valence electrons. The molecule has 1 fully saturated rings. The van der Waals surface area contributed by atoms with Crippen LogP contribution in [0.15, 0.2) is 51.7 Å². The fourth-order valence-electron chi connectivity index (χ4n) is 3.78. The van der Waals surface area contributed by atoms with Crippen LogP contribution in [0.25, 0.3) is 11.0 Å². The van der Waals surface area contributed by atoms with Gasteiger partial charge in [-0.25, -0.2) is 4.79 Å². The number of ether oxygens (including phenoxy) is 1. The predicted molar refractivity (Wildman–Crippen MR) is 112 cm³/mol. The average molecular weight is 458 g/mol. The molecule has 0 N–H and O–H groups in total. The van der Waals surface area contributed by atoms with Crippen LogP contribution in [-0.4, -0.2) is 33.0 Å². The predicted octanol–water partition coefficient (Wildman–Crippen LogP) is 3.00. The van der Waals surface area contributed by atoms with E-state index in [0.717, 1.165) is 15.6 Å². The first-order chi connectivity index (χ1) is 13.9. The number of imide groups is 1. The number of likely N-dealkylation sites (tertiary alicyclic amines) is 1. The van der Waals surface area contributed by atoms with Crippen LogP contribution in [-0.2, 0) is 23.2 Å². The number of piperidine rings is 1. The molecule has 4 rings (SSSR count). The Kier molecular flexibility index (Phi) is 5.04. The Morgan fingerprint density at radius 2 is 1.79 bits per heavy atom. The van der Waals surface area contributed by atoms with Crippen molar-refractivity contribution in [3.05, 3.63) is 63.0 Å². The van der Waals surface area contributed by atoms with Crippen LogP contribution in [0.1, 0.15) is 24.4 Å². The lowest BCUT2D eigenvalue weighted by atomic mass is 10.0. The molecule has 1 atom stereocenters. The van der Waals surface area contributed by atoms with E-state index < -0.39 is 6.04 Å². The molecule has 1 aromatic heterocycles. The fraction of sp³-hybridized carbons (Fsp3) is 0.286. The second kappa shape index (κ2) is 7.51. The monoisotopic (exact) mass is 457 g/mol. The highest BCUT2D eigenvalue weighted by Crippen LogP contribution is 2.29. The Balaban J connectivity index is 1.71. The van der Waals surface area contributed by atoms with E-state index in [1.807, 2.05) is 30.3 Å². The Bertz CT molecular complexity index is 1160. The van der Waals surface area contributed by atoms with Crippen molar-refractivity contribution >= 4 is 38.8 Å². The van der Waals surface area contributed by atoms with Crippen molar-refractivity contribution in [2.24, 2.45) is 7.05 Å². The number of hydrogen-bond acceptors (Lipinski definition) is 4. The molecule has 7 nitrogen and oxygen atoms in total. The summed E-state index contributed by atoms with van der Waals surface area (Å²) in [5.41, 5.74) is 1.96. The minimum absolute atomic E-state index is 0.168. The third kappa shape index (κ3) is 3.37. The van der Waals surface area contributed by atoms with E-state index in [1.165, 1.54) is 14.0 Å². The van der Waals surface area contributed by atoms with Gasteiger partial charge in [-0.15, -0.1) is 0 Å². The maximum atomic E-state index is 13.3. The molecule has 3 aromatic rings. The van der Waals surface area contributed by atoms with Gasteiger partial charge in [-0.1, -0.05) is 28.1 Å². The van der Waals surface area contributed by atoms with Gasteiger partial charge in [-0.2, -0.15) is 0 Å². The first kappa shape index (κ1) is 19.4. The van der Waals surface area contributed by atoms with Crippen molar-refractivity contribution in [3.8, 4) is 5.75 Å². The summed E-state index contributed by atoms with van der Waals surface area (Å²) >= 11 is 3.43. The summed E-state index contributed by atoms with van der Waals surface area (Å²) in [6.07, 6.45) is 0.520. The average Bonchev–Trinajstić information content (AvgIpc) is 2.96. The molecule has 1 aliphatic rings. The second-order valence-corrected chi connectivity index (χ2v) is 7.98. The number of carbonyl (C=O) groups excluding carboxylic acids is 2. The molecule has 2 aromatic carbocycles. The minimum atomic E-state index is -0.712. The van der Waals surface area contributed by atoms with Gasteiger partial charge < -0.3 is 4.74 Å². The number of fused-ring (bicyclic) bond motifs is 1. The zero-order chi connectivity index (χ0) is 20.7. The summed E-state index contributed by atoms with van der Waals surface area (Å²) < 4.78 is 9.01. The molecule has 2 amide bonds. The molecular formula is C21H20BrN3O4. The number of amides is 2. The zero-order valence-electron chi connectivity index (χ0n) is 16.1. The maximum Gasteiger partial charge on any atom is 0.329 e. The zero-order valence-corrected chi connectivity index (χ0v) is 17.7. The highest BCUT2D eigenvalue weighted by molar-refractivity contribution is 9.10. The Morgan fingerprint density at radius 3 is 2.48 bits per heavy atom. The molecule has 8 heteroatoms. The van der Waals surface area contributed by atoms with Crippen LogP contribution in [0, 0.1) is 0 Å². The van der Waals surface area contributed by atoms with Crippen molar-refractivity contribution in [1.82, 2.24) is 14.0 Å². The summed E-state index contributed by atoms with van der Waals surface area (Å²) in [6.45, 7) is 0.168. The standard InChI is InChI=1S/C21H20BrN3O4/c1-23-16-8-5-14(22)11-18(16)25(21(23)28)17-9-10-19(26)24(20(17)27)12-13-3-6-15(29-2)7-4-13/h3-8,11,17H,9-10,12H2,1-2H3. The van der Waals surface area contributed by atoms with Crippen LogP contribution in [0.2, 0.25) is 0 Å². The lowest BCUT2D eigenvalue weighted by Gasteiger charge is -2.31. The smallest absolute Gasteiger partial charge is 0.329 e. The van der Waals surface area contributed by atoms with Crippen molar-refractivity contribution in [2.45, 2.75) is 25.4 Å². The number of halogens is 1. The summed E-state index contributed by atoms with van der Waals surface area (Å²) in [4.78, 5) is 39.9. The molecule has 29 heavy (non-hydrogen) atoms. The summed E-state index contributed by atoms with van der Waals surface area (Å²) in [7, 11) is 3.26. The van der Waals surface area contributed by atoms with Crippen LogP contribution in [0.3, 0.4) is 0 Å². The number of imidazole rings is 1. The number of benzene rings is 2. The first-order valence-electron chi connectivity index (χ1n) is 9.24. The molecule has 1 saturated heterocycles. The highest BCUT2D eigenvalue weighted by atomic mass is 79.9. The molecule has 0 saturated carbocycles. The Morgan fingerprint density at radius 1 is 1.07 bits per heavy atom. The molecule has 0 bridgehead atoms. The van der Waals surface area contributed by atoms with Gasteiger partial charge in [0.25, 0.3) is 5.91 Å². The number of hydrogen-bond donors (Lipinski definition) is 0. The third-order valence-corrected chi connectivity index (χ3v) is 5.84. The van der Waals surface area contributed by atoms with Gasteiger partial charge in [0.2, 0.25) is 5.91 Å². The van der Waals surface area contributed by atoms with Gasteiger partial charge in [0.1, 0.15) is 11.8 Å². The largest absolute Gasteiger partial charge is 0.497 e. The molecule has 0 spiro atoms. The van der Waals surface area contributed by atoms with Gasteiger partial charge in [0.15, 0.2) is 0 Å². The molecule has 2 heterocycles. The summed E-state index contributed by atoms with van der Waals surface area (Å²) in [6, 6.07) is 12.0. The molecule has 0 aliphatic carbocycles. The Labute approximate surface area is 175 Å². The molecule has 1 unspecified atom stereocenters. The van der Waals surface area contributed by atoms with Crippen molar-refractivity contribution in [2.75, 3.05) is 7.11 Å². The van der Waals surface area contributed by atoms with Gasteiger partial charge in [0.05, 0.1) is 24.7 Å².